The maximum absolute atomic E-state index is 13.7. The first-order chi connectivity index (χ1) is 18.5. The Labute approximate surface area is 241 Å². The number of carbonyl (C=O) groups is 3. The molecule has 2 aromatic rings. The largest absolute Gasteiger partial charge is 0.497 e. The van der Waals surface area contributed by atoms with Crippen LogP contribution in [0.1, 0.15) is 30.5 Å². The Kier molecular flexibility index (Phi) is 8.39. The molecule has 0 N–H and O–H groups in total. The minimum Gasteiger partial charge on any atom is -0.497 e. The van der Waals surface area contributed by atoms with E-state index in [1.54, 1.807) is 18.1 Å². The summed E-state index contributed by atoms with van der Waals surface area (Å²) >= 11 is 8.26. The second-order valence-electron chi connectivity index (χ2n) is 9.20. The fourth-order valence-electron chi connectivity index (χ4n) is 4.28. The summed E-state index contributed by atoms with van der Waals surface area (Å²) in [5.74, 6) is -0.763. The lowest BCUT2D eigenvalue weighted by Gasteiger charge is -2.45. The van der Waals surface area contributed by atoms with Gasteiger partial charge in [0, 0.05) is 17.2 Å². The van der Waals surface area contributed by atoms with Crippen LogP contribution < -0.4 is 9.64 Å². The molecule has 39 heavy (non-hydrogen) atoms. The summed E-state index contributed by atoms with van der Waals surface area (Å²) in [6, 6.07) is 13.2. The van der Waals surface area contributed by atoms with Gasteiger partial charge in [-0.2, -0.15) is 0 Å². The third-order valence-corrected chi connectivity index (χ3v) is 9.56. The number of methoxy groups -OCH3 is 3. The molecule has 2 aliphatic rings. The minimum absolute atomic E-state index is 0.145. The van der Waals surface area contributed by atoms with Gasteiger partial charge >= 0.3 is 11.9 Å². The molecule has 0 spiro atoms. The molecule has 10 heteroatoms. The van der Waals surface area contributed by atoms with Gasteiger partial charge < -0.3 is 14.2 Å². The van der Waals surface area contributed by atoms with Crippen LogP contribution in [0.15, 0.2) is 62.6 Å². The number of thiocarbonyl (C=S) groups is 1. The minimum atomic E-state index is -0.902. The maximum Gasteiger partial charge on any atom is 0.346 e. The molecular formula is C29H27NO6S3. The van der Waals surface area contributed by atoms with Gasteiger partial charge in [-0.15, -0.1) is 0 Å². The van der Waals surface area contributed by atoms with Crippen molar-refractivity contribution in [3.8, 4) is 5.75 Å². The molecule has 0 fully saturated rings. The van der Waals surface area contributed by atoms with E-state index in [1.807, 2.05) is 63.2 Å². The standard InChI is InChI=1S/C29H27NO6S3/c1-16-7-13-19-20(15-16)30(21(31)14-10-17-8-11-18(34-4)12-9-17)29(2,3)25(37)22(19)28-38-23(26(32)35-5)24(39-28)27(33)36-6/h7-15H,1-6H3. The van der Waals surface area contributed by atoms with Gasteiger partial charge in [0.25, 0.3) is 5.91 Å². The highest BCUT2D eigenvalue weighted by molar-refractivity contribution is 8.29. The first-order valence-corrected chi connectivity index (χ1v) is 13.9. The first-order valence-electron chi connectivity index (χ1n) is 11.9. The lowest BCUT2D eigenvalue weighted by Crippen LogP contribution is -2.55. The topological polar surface area (TPSA) is 82.1 Å². The molecule has 0 unspecified atom stereocenters. The average molecular weight is 582 g/mol. The summed E-state index contributed by atoms with van der Waals surface area (Å²) in [4.78, 5) is 41.2. The molecule has 0 radical (unpaired) electrons. The van der Waals surface area contributed by atoms with Crippen LogP contribution in [-0.2, 0) is 23.9 Å². The number of ether oxygens (including phenoxy) is 3. The molecule has 0 atom stereocenters. The van der Waals surface area contributed by atoms with Crippen LogP contribution in [0.3, 0.4) is 0 Å². The predicted molar refractivity (Wildman–Crippen MR) is 161 cm³/mol. The van der Waals surface area contributed by atoms with Crippen LogP contribution in [0.5, 0.6) is 5.75 Å². The van der Waals surface area contributed by atoms with Crippen LogP contribution in [0.2, 0.25) is 0 Å². The van der Waals surface area contributed by atoms with Crippen molar-refractivity contribution in [2.24, 2.45) is 0 Å². The van der Waals surface area contributed by atoms with Gasteiger partial charge in [0.1, 0.15) is 15.6 Å². The summed E-state index contributed by atoms with van der Waals surface area (Å²) in [5.41, 5.74) is 3.04. The van der Waals surface area contributed by atoms with Crippen molar-refractivity contribution in [3.05, 3.63) is 79.3 Å². The van der Waals surface area contributed by atoms with Gasteiger partial charge in [-0.3, -0.25) is 9.69 Å². The normalized spacial score (nSPS) is 16.5. The number of nitrogens with zero attached hydrogens (tertiary/aromatic N) is 1. The van der Waals surface area contributed by atoms with E-state index in [4.69, 9.17) is 26.4 Å². The number of fused-ring (bicyclic) bond motifs is 1. The molecule has 0 bridgehead atoms. The third-order valence-electron chi connectivity index (χ3n) is 6.30. The second-order valence-corrected chi connectivity index (χ2v) is 11.9. The van der Waals surface area contributed by atoms with E-state index >= 15 is 0 Å². The molecule has 2 aliphatic heterocycles. The Morgan fingerprint density at radius 3 is 2.05 bits per heavy atom. The van der Waals surface area contributed by atoms with Gasteiger partial charge in [-0.25, -0.2) is 9.59 Å². The number of carbonyl (C=O) groups excluding carboxylic acids is 3. The zero-order chi connectivity index (χ0) is 28.5. The van der Waals surface area contributed by atoms with Crippen molar-refractivity contribution >= 4 is 75.8 Å². The Balaban J connectivity index is 1.80. The van der Waals surface area contributed by atoms with Crippen LogP contribution in [0.4, 0.5) is 5.69 Å². The quantitative estimate of drug-likeness (QED) is 0.243. The van der Waals surface area contributed by atoms with Gasteiger partial charge in [0.2, 0.25) is 0 Å². The van der Waals surface area contributed by atoms with Crippen LogP contribution in [-0.4, -0.2) is 49.6 Å². The van der Waals surface area contributed by atoms with Gasteiger partial charge in [0.15, 0.2) is 0 Å². The molecule has 0 saturated carbocycles. The lowest BCUT2D eigenvalue weighted by atomic mass is 9.83. The van der Waals surface area contributed by atoms with Crippen molar-refractivity contribution in [2.75, 3.05) is 26.2 Å². The number of esters is 2. The number of thioether (sulfide) groups is 2. The Hall–Kier alpha value is -3.34. The highest BCUT2D eigenvalue weighted by Gasteiger charge is 2.45. The number of hydrogen-bond acceptors (Lipinski definition) is 9. The summed E-state index contributed by atoms with van der Waals surface area (Å²) in [6.45, 7) is 5.73. The molecule has 0 aliphatic carbocycles. The van der Waals surface area contributed by atoms with Crippen LogP contribution in [0, 0.1) is 6.92 Å². The molecule has 1 amide bonds. The monoisotopic (exact) mass is 581 g/mol. The van der Waals surface area contributed by atoms with E-state index in [0.29, 0.717) is 20.4 Å². The van der Waals surface area contributed by atoms with E-state index in [2.05, 4.69) is 0 Å². The zero-order valence-electron chi connectivity index (χ0n) is 22.3. The van der Waals surface area contributed by atoms with Gasteiger partial charge in [-0.05, 0) is 56.2 Å². The molecule has 2 heterocycles. The Morgan fingerprint density at radius 1 is 0.923 bits per heavy atom. The molecule has 0 aromatic heterocycles. The number of rotatable bonds is 5. The highest BCUT2D eigenvalue weighted by atomic mass is 32.2. The van der Waals surface area contributed by atoms with E-state index in [0.717, 1.165) is 46.0 Å². The zero-order valence-corrected chi connectivity index (χ0v) is 24.8. The second kappa shape index (κ2) is 11.4. The van der Waals surface area contributed by atoms with E-state index < -0.39 is 17.5 Å². The van der Waals surface area contributed by atoms with Crippen molar-refractivity contribution in [3.63, 3.8) is 0 Å². The van der Waals surface area contributed by atoms with E-state index in [1.165, 1.54) is 20.3 Å². The highest BCUT2D eigenvalue weighted by Crippen LogP contribution is 2.56. The molecule has 0 saturated heterocycles. The molecule has 7 nitrogen and oxygen atoms in total. The lowest BCUT2D eigenvalue weighted by molar-refractivity contribution is -0.138. The number of anilines is 1. The summed E-state index contributed by atoms with van der Waals surface area (Å²) in [5, 5.41) is 0. The smallest absolute Gasteiger partial charge is 0.346 e. The number of hydrogen-bond donors (Lipinski definition) is 0. The van der Waals surface area contributed by atoms with E-state index in [-0.39, 0.29) is 15.7 Å². The van der Waals surface area contributed by atoms with Crippen LogP contribution >= 0.6 is 35.7 Å². The van der Waals surface area contributed by atoms with Gasteiger partial charge in [0.05, 0.1) is 41.7 Å². The van der Waals surface area contributed by atoms with Crippen molar-refractivity contribution < 1.29 is 28.6 Å². The van der Waals surface area contributed by atoms with E-state index in [9.17, 15) is 14.4 Å². The van der Waals surface area contributed by atoms with Crippen molar-refractivity contribution in [1.82, 2.24) is 0 Å². The Bertz CT molecular complexity index is 1440. The first kappa shape index (κ1) is 28.7. The maximum atomic E-state index is 13.7. The molecule has 2 aromatic carbocycles. The Morgan fingerprint density at radius 2 is 1.51 bits per heavy atom. The number of amides is 1. The average Bonchev–Trinajstić information content (AvgIpc) is 3.37. The third kappa shape index (κ3) is 5.41. The predicted octanol–water partition coefficient (Wildman–Crippen LogP) is 5.92. The number of aryl methyl sites for hydroxylation is 1. The van der Waals surface area contributed by atoms with Gasteiger partial charge in [-0.1, -0.05) is 60.0 Å². The summed E-state index contributed by atoms with van der Waals surface area (Å²) < 4.78 is 15.7. The van der Waals surface area contributed by atoms with Crippen LogP contribution in [0.25, 0.3) is 11.6 Å². The van der Waals surface area contributed by atoms with Crippen molar-refractivity contribution in [1.29, 1.82) is 0 Å². The summed E-state index contributed by atoms with van der Waals surface area (Å²) in [7, 11) is 4.12. The fourth-order valence-corrected chi connectivity index (χ4v) is 7.31. The summed E-state index contributed by atoms with van der Waals surface area (Å²) in [6.07, 6.45) is 3.28. The molecular weight excluding hydrogens is 555 g/mol. The molecule has 4 rings (SSSR count). The SMILES string of the molecule is COC(=O)C1=C(C(=O)OC)SC(=C2C(=S)C(C)(C)N(C(=O)C=Cc3ccc(OC)cc3)c3cc(C)ccc32)S1. The van der Waals surface area contributed by atoms with Crippen molar-refractivity contribution in [2.45, 2.75) is 26.3 Å². The number of benzene rings is 2. The molecule has 202 valence electrons. The fraction of sp³-hybridized carbons (Fsp3) is 0.241.